The van der Waals surface area contributed by atoms with Crippen molar-refractivity contribution in [2.45, 2.75) is 11.3 Å². The first-order valence-corrected chi connectivity index (χ1v) is 8.03. The zero-order valence-electron chi connectivity index (χ0n) is 10.8. The van der Waals surface area contributed by atoms with E-state index in [0.29, 0.717) is 11.1 Å². The van der Waals surface area contributed by atoms with E-state index in [4.69, 9.17) is 4.42 Å². The molecule has 3 aromatic rings. The summed E-state index contributed by atoms with van der Waals surface area (Å²) < 4.78 is 19.0. The number of nitrogens with zero attached hydrogens (tertiary/aromatic N) is 2. The van der Waals surface area contributed by atoms with Gasteiger partial charge in [0.15, 0.2) is 0 Å². The van der Waals surface area contributed by atoms with E-state index in [0.717, 1.165) is 4.88 Å². The molecule has 0 aliphatic rings. The lowest BCUT2D eigenvalue weighted by Crippen LogP contribution is -2.03. The maximum Gasteiger partial charge on any atom is 0.276 e. The second-order valence-electron chi connectivity index (χ2n) is 4.20. The minimum Gasteiger partial charge on any atom is -0.410 e. The van der Waals surface area contributed by atoms with Gasteiger partial charge in [0.1, 0.15) is 5.82 Å². The summed E-state index contributed by atoms with van der Waals surface area (Å²) in [6, 6.07) is 9.95. The van der Waals surface area contributed by atoms with Gasteiger partial charge in [-0.3, -0.25) is 0 Å². The molecule has 7 heteroatoms. The lowest BCUT2D eigenvalue weighted by molar-refractivity contribution is 0.198. The minimum absolute atomic E-state index is 0.243. The predicted molar refractivity (Wildman–Crippen MR) is 79.7 cm³/mol. The molecule has 21 heavy (non-hydrogen) atoms. The van der Waals surface area contributed by atoms with Crippen molar-refractivity contribution in [3.8, 4) is 10.8 Å². The lowest BCUT2D eigenvalue weighted by Gasteiger charge is -2.09. The average molecular weight is 322 g/mol. The van der Waals surface area contributed by atoms with Crippen LogP contribution in [0.5, 0.6) is 0 Å². The Morgan fingerprint density at radius 1 is 1.24 bits per heavy atom. The molecule has 0 fully saturated rings. The average Bonchev–Trinajstić information content (AvgIpc) is 3.16. The molecular weight excluding hydrogens is 311 g/mol. The molecule has 0 radical (unpaired) electrons. The smallest absolute Gasteiger partial charge is 0.276 e. The zero-order valence-corrected chi connectivity index (χ0v) is 12.4. The van der Waals surface area contributed by atoms with Crippen LogP contribution in [-0.2, 0) is 0 Å². The molecule has 0 saturated heterocycles. The van der Waals surface area contributed by atoms with E-state index in [1.807, 2.05) is 17.5 Å². The molecule has 2 aromatic heterocycles. The standard InChI is InChI=1S/C14H11FN2O2S2/c15-10-5-2-1-4-9(10)11(18)8-21-14-17-16-13(19-14)12-6-3-7-20-12/h1-7,11,18H,8H2. The van der Waals surface area contributed by atoms with Crippen molar-refractivity contribution in [1.29, 1.82) is 0 Å². The van der Waals surface area contributed by atoms with Crippen LogP contribution in [0.4, 0.5) is 4.39 Å². The Kier molecular flexibility index (Phi) is 4.33. The number of aliphatic hydroxyl groups is 1. The van der Waals surface area contributed by atoms with Gasteiger partial charge in [-0.25, -0.2) is 4.39 Å². The molecule has 0 amide bonds. The monoisotopic (exact) mass is 322 g/mol. The van der Waals surface area contributed by atoms with E-state index in [9.17, 15) is 9.50 Å². The van der Waals surface area contributed by atoms with Gasteiger partial charge in [0.05, 0.1) is 11.0 Å². The van der Waals surface area contributed by atoms with Crippen LogP contribution in [0.25, 0.3) is 10.8 Å². The van der Waals surface area contributed by atoms with Gasteiger partial charge in [-0.05, 0) is 17.5 Å². The highest BCUT2D eigenvalue weighted by Gasteiger charge is 2.15. The number of thiophene rings is 1. The Morgan fingerprint density at radius 2 is 2.10 bits per heavy atom. The summed E-state index contributed by atoms with van der Waals surface area (Å²) in [5.74, 6) is 0.274. The van der Waals surface area contributed by atoms with Crippen molar-refractivity contribution in [1.82, 2.24) is 10.2 Å². The Labute approximate surface area is 128 Å². The number of hydrogen-bond acceptors (Lipinski definition) is 6. The van der Waals surface area contributed by atoms with Crippen molar-refractivity contribution < 1.29 is 13.9 Å². The summed E-state index contributed by atoms with van der Waals surface area (Å²) in [5, 5.41) is 20.1. The van der Waals surface area contributed by atoms with Gasteiger partial charge in [-0.15, -0.1) is 21.5 Å². The quantitative estimate of drug-likeness (QED) is 0.725. The van der Waals surface area contributed by atoms with Gasteiger partial charge in [0, 0.05) is 11.3 Å². The molecule has 2 heterocycles. The normalized spacial score (nSPS) is 12.5. The molecule has 1 atom stereocenters. The highest BCUT2D eigenvalue weighted by molar-refractivity contribution is 7.99. The SMILES string of the molecule is OC(CSc1nnc(-c2cccs2)o1)c1ccccc1F. The molecule has 0 saturated carbocycles. The van der Waals surface area contributed by atoms with E-state index in [1.54, 1.807) is 18.2 Å². The van der Waals surface area contributed by atoms with Crippen LogP contribution >= 0.6 is 23.1 Å². The van der Waals surface area contributed by atoms with Gasteiger partial charge >= 0.3 is 0 Å². The molecule has 0 bridgehead atoms. The number of thioether (sulfide) groups is 1. The van der Waals surface area contributed by atoms with Gasteiger partial charge in [0.25, 0.3) is 11.1 Å². The second kappa shape index (κ2) is 6.38. The Hall–Kier alpha value is -1.70. The van der Waals surface area contributed by atoms with E-state index < -0.39 is 11.9 Å². The van der Waals surface area contributed by atoms with E-state index in [-0.39, 0.29) is 11.3 Å². The lowest BCUT2D eigenvalue weighted by atomic mass is 10.1. The highest BCUT2D eigenvalue weighted by Crippen LogP contribution is 2.29. The fraction of sp³-hybridized carbons (Fsp3) is 0.143. The van der Waals surface area contributed by atoms with Crippen molar-refractivity contribution in [2.24, 2.45) is 0 Å². The van der Waals surface area contributed by atoms with Crippen LogP contribution in [0.3, 0.4) is 0 Å². The fourth-order valence-electron chi connectivity index (χ4n) is 1.75. The Balaban J connectivity index is 1.64. The number of aromatic nitrogens is 2. The minimum atomic E-state index is -0.923. The third kappa shape index (κ3) is 3.31. The summed E-state index contributed by atoms with van der Waals surface area (Å²) in [6.07, 6.45) is -0.923. The van der Waals surface area contributed by atoms with Crippen LogP contribution in [0.2, 0.25) is 0 Å². The second-order valence-corrected chi connectivity index (χ2v) is 6.12. The van der Waals surface area contributed by atoms with Gasteiger partial charge in [-0.1, -0.05) is 36.0 Å². The van der Waals surface area contributed by atoms with E-state index >= 15 is 0 Å². The molecule has 108 valence electrons. The van der Waals surface area contributed by atoms with Crippen molar-refractivity contribution in [3.05, 3.63) is 53.2 Å². The van der Waals surface area contributed by atoms with Crippen LogP contribution < -0.4 is 0 Å². The molecule has 1 unspecified atom stereocenters. The Morgan fingerprint density at radius 3 is 2.86 bits per heavy atom. The van der Waals surface area contributed by atoms with Crippen molar-refractivity contribution in [2.75, 3.05) is 5.75 Å². The maximum absolute atomic E-state index is 13.5. The Bertz CT molecular complexity index is 715. The van der Waals surface area contributed by atoms with Crippen molar-refractivity contribution >= 4 is 23.1 Å². The molecule has 0 aliphatic carbocycles. The molecular formula is C14H11FN2O2S2. The van der Waals surface area contributed by atoms with Crippen LogP contribution in [0.1, 0.15) is 11.7 Å². The molecule has 4 nitrogen and oxygen atoms in total. The first-order chi connectivity index (χ1) is 10.2. The van der Waals surface area contributed by atoms with Gasteiger partial charge in [-0.2, -0.15) is 0 Å². The number of hydrogen-bond donors (Lipinski definition) is 1. The van der Waals surface area contributed by atoms with Gasteiger partial charge < -0.3 is 9.52 Å². The number of aliphatic hydroxyl groups excluding tert-OH is 1. The zero-order chi connectivity index (χ0) is 14.7. The summed E-state index contributed by atoms with van der Waals surface area (Å²) in [4.78, 5) is 0.893. The summed E-state index contributed by atoms with van der Waals surface area (Å²) in [5.41, 5.74) is 0.267. The van der Waals surface area contributed by atoms with E-state index in [1.165, 1.54) is 29.2 Å². The predicted octanol–water partition coefficient (Wildman–Crippen LogP) is 3.76. The largest absolute Gasteiger partial charge is 0.410 e. The van der Waals surface area contributed by atoms with Crippen LogP contribution in [0, 0.1) is 5.82 Å². The molecule has 1 aromatic carbocycles. The number of rotatable bonds is 5. The van der Waals surface area contributed by atoms with Crippen molar-refractivity contribution in [3.63, 3.8) is 0 Å². The number of benzene rings is 1. The van der Waals surface area contributed by atoms with Gasteiger partial charge in [0.2, 0.25) is 0 Å². The topological polar surface area (TPSA) is 59.2 Å². The summed E-state index contributed by atoms with van der Waals surface area (Å²) in [6.45, 7) is 0. The first kappa shape index (κ1) is 14.2. The first-order valence-electron chi connectivity index (χ1n) is 6.16. The van der Waals surface area contributed by atoms with Crippen LogP contribution in [-0.4, -0.2) is 21.1 Å². The highest BCUT2D eigenvalue weighted by atomic mass is 32.2. The van der Waals surface area contributed by atoms with Crippen LogP contribution in [0.15, 0.2) is 51.4 Å². The third-order valence-electron chi connectivity index (χ3n) is 2.77. The molecule has 0 spiro atoms. The maximum atomic E-state index is 13.5. The fourth-order valence-corrected chi connectivity index (χ4v) is 3.11. The molecule has 1 N–H and O–H groups in total. The van der Waals surface area contributed by atoms with E-state index in [2.05, 4.69) is 10.2 Å². The summed E-state index contributed by atoms with van der Waals surface area (Å²) in [7, 11) is 0. The number of halogens is 1. The molecule has 3 rings (SSSR count). The summed E-state index contributed by atoms with van der Waals surface area (Å²) >= 11 is 2.71. The third-order valence-corrected chi connectivity index (χ3v) is 4.52. The molecule has 0 aliphatic heterocycles.